The summed E-state index contributed by atoms with van der Waals surface area (Å²) in [5, 5.41) is 11.4. The topological polar surface area (TPSA) is 69.6 Å². The zero-order valence-corrected chi connectivity index (χ0v) is 11.3. The Bertz CT molecular complexity index is 420. The number of hydrogen-bond donors (Lipinski definition) is 2. The maximum atomic E-state index is 11.9. The number of aliphatic carboxylic acids is 1. The lowest BCUT2D eigenvalue weighted by molar-refractivity contribution is -0.137. The van der Waals surface area contributed by atoms with Crippen molar-refractivity contribution < 1.29 is 14.7 Å². The SMILES string of the molecule is CC(CCCC(=O)O)NC(=O)N(C)c1ccccc1. The molecule has 0 saturated carbocycles. The summed E-state index contributed by atoms with van der Waals surface area (Å²) in [7, 11) is 1.70. The van der Waals surface area contributed by atoms with Crippen molar-refractivity contribution in [2.24, 2.45) is 0 Å². The Hall–Kier alpha value is -2.04. The molecule has 0 heterocycles. The van der Waals surface area contributed by atoms with Gasteiger partial charge < -0.3 is 10.4 Å². The van der Waals surface area contributed by atoms with Gasteiger partial charge in [0.25, 0.3) is 0 Å². The van der Waals surface area contributed by atoms with E-state index >= 15 is 0 Å². The van der Waals surface area contributed by atoms with Crippen LogP contribution in [0.25, 0.3) is 0 Å². The molecule has 104 valence electrons. The van der Waals surface area contributed by atoms with E-state index in [1.807, 2.05) is 37.3 Å². The number of anilines is 1. The monoisotopic (exact) mass is 264 g/mol. The van der Waals surface area contributed by atoms with E-state index in [1.165, 1.54) is 4.90 Å². The van der Waals surface area contributed by atoms with E-state index < -0.39 is 5.97 Å². The minimum absolute atomic E-state index is 0.0435. The Balaban J connectivity index is 2.39. The van der Waals surface area contributed by atoms with E-state index in [9.17, 15) is 9.59 Å². The number of carbonyl (C=O) groups is 2. The average molecular weight is 264 g/mol. The summed E-state index contributed by atoms with van der Waals surface area (Å²) in [5.74, 6) is -0.806. The number of carboxylic acids is 1. The van der Waals surface area contributed by atoms with Crippen molar-refractivity contribution in [2.45, 2.75) is 32.2 Å². The van der Waals surface area contributed by atoms with Gasteiger partial charge in [-0.05, 0) is 31.9 Å². The van der Waals surface area contributed by atoms with Gasteiger partial charge in [-0.2, -0.15) is 0 Å². The minimum Gasteiger partial charge on any atom is -0.481 e. The summed E-state index contributed by atoms with van der Waals surface area (Å²) in [6.45, 7) is 1.87. The third-order valence-electron chi connectivity index (χ3n) is 2.85. The molecule has 19 heavy (non-hydrogen) atoms. The molecule has 0 aliphatic carbocycles. The molecule has 2 N–H and O–H groups in total. The van der Waals surface area contributed by atoms with E-state index in [2.05, 4.69) is 5.32 Å². The number of benzene rings is 1. The number of rotatable bonds is 6. The number of urea groups is 1. The Kier molecular flexibility index (Phi) is 5.85. The summed E-state index contributed by atoms with van der Waals surface area (Å²) >= 11 is 0. The fourth-order valence-electron chi connectivity index (χ4n) is 1.71. The van der Waals surface area contributed by atoms with Crippen molar-refractivity contribution in [3.05, 3.63) is 30.3 Å². The smallest absolute Gasteiger partial charge is 0.321 e. The third kappa shape index (κ3) is 5.42. The van der Waals surface area contributed by atoms with E-state index in [1.54, 1.807) is 7.05 Å². The van der Waals surface area contributed by atoms with Gasteiger partial charge >= 0.3 is 12.0 Å². The Labute approximate surface area is 113 Å². The lowest BCUT2D eigenvalue weighted by Gasteiger charge is -2.21. The first-order chi connectivity index (χ1) is 9.00. The molecule has 0 radical (unpaired) electrons. The summed E-state index contributed by atoms with van der Waals surface area (Å²) in [6, 6.07) is 9.12. The summed E-state index contributed by atoms with van der Waals surface area (Å²) in [6.07, 6.45) is 1.35. The van der Waals surface area contributed by atoms with Gasteiger partial charge in [-0.1, -0.05) is 18.2 Å². The van der Waals surface area contributed by atoms with Crippen LogP contribution < -0.4 is 10.2 Å². The third-order valence-corrected chi connectivity index (χ3v) is 2.85. The quantitative estimate of drug-likeness (QED) is 0.829. The van der Waals surface area contributed by atoms with Crippen LogP contribution in [0.3, 0.4) is 0 Å². The molecule has 5 nitrogen and oxygen atoms in total. The van der Waals surface area contributed by atoms with Crippen LogP contribution in [0.15, 0.2) is 30.3 Å². The molecule has 1 unspecified atom stereocenters. The second-order valence-electron chi connectivity index (χ2n) is 4.53. The molecule has 1 atom stereocenters. The van der Waals surface area contributed by atoms with E-state index in [0.717, 1.165) is 5.69 Å². The van der Waals surface area contributed by atoms with Gasteiger partial charge in [0.1, 0.15) is 0 Å². The maximum absolute atomic E-state index is 11.9. The van der Waals surface area contributed by atoms with Gasteiger partial charge in [0.2, 0.25) is 0 Å². The molecule has 1 aromatic carbocycles. The van der Waals surface area contributed by atoms with Crippen molar-refractivity contribution in [1.29, 1.82) is 0 Å². The average Bonchev–Trinajstić information content (AvgIpc) is 2.38. The zero-order valence-electron chi connectivity index (χ0n) is 11.3. The van der Waals surface area contributed by atoms with Gasteiger partial charge in [-0.25, -0.2) is 4.79 Å². The first kappa shape index (κ1) is 15.0. The first-order valence-electron chi connectivity index (χ1n) is 6.31. The fraction of sp³-hybridized carbons (Fsp3) is 0.429. The second kappa shape index (κ2) is 7.41. The summed E-state index contributed by atoms with van der Waals surface area (Å²) in [5.41, 5.74) is 0.817. The highest BCUT2D eigenvalue weighted by Crippen LogP contribution is 2.11. The lowest BCUT2D eigenvalue weighted by atomic mass is 10.1. The number of para-hydroxylation sites is 1. The number of carboxylic acid groups (broad SMARTS) is 1. The van der Waals surface area contributed by atoms with Crippen LogP contribution in [-0.4, -0.2) is 30.2 Å². The van der Waals surface area contributed by atoms with Crippen LogP contribution >= 0.6 is 0 Å². The molecule has 1 rings (SSSR count). The van der Waals surface area contributed by atoms with Gasteiger partial charge in [0.15, 0.2) is 0 Å². The Morgan fingerprint density at radius 2 is 1.95 bits per heavy atom. The van der Waals surface area contributed by atoms with Crippen molar-refractivity contribution in [1.82, 2.24) is 5.32 Å². The van der Waals surface area contributed by atoms with Crippen molar-refractivity contribution in [3.63, 3.8) is 0 Å². The predicted molar refractivity (Wildman–Crippen MR) is 74.3 cm³/mol. The molecule has 1 aromatic rings. The Morgan fingerprint density at radius 1 is 1.32 bits per heavy atom. The highest BCUT2D eigenvalue weighted by atomic mass is 16.4. The van der Waals surface area contributed by atoms with Crippen LogP contribution in [0.4, 0.5) is 10.5 Å². The molecular formula is C14H20N2O3. The summed E-state index contributed by atoms with van der Waals surface area (Å²) in [4.78, 5) is 23.9. The van der Waals surface area contributed by atoms with Gasteiger partial charge in [-0.3, -0.25) is 9.69 Å². The van der Waals surface area contributed by atoms with E-state index in [0.29, 0.717) is 12.8 Å². The molecular weight excluding hydrogens is 244 g/mol. The minimum atomic E-state index is -0.806. The molecule has 0 fully saturated rings. The molecule has 0 aliphatic heterocycles. The van der Waals surface area contributed by atoms with Crippen LogP contribution in [0.1, 0.15) is 26.2 Å². The largest absolute Gasteiger partial charge is 0.481 e. The molecule has 0 saturated heterocycles. The van der Waals surface area contributed by atoms with Crippen molar-refractivity contribution in [2.75, 3.05) is 11.9 Å². The van der Waals surface area contributed by atoms with Crippen molar-refractivity contribution in [3.8, 4) is 0 Å². The fourth-order valence-corrected chi connectivity index (χ4v) is 1.71. The second-order valence-corrected chi connectivity index (χ2v) is 4.53. The standard InChI is InChI=1S/C14H20N2O3/c1-11(7-6-10-13(17)18)15-14(19)16(2)12-8-4-3-5-9-12/h3-5,8-9,11H,6-7,10H2,1-2H3,(H,15,19)(H,17,18). The van der Waals surface area contributed by atoms with Crippen LogP contribution in [0, 0.1) is 0 Å². The molecule has 0 aliphatic rings. The lowest BCUT2D eigenvalue weighted by Crippen LogP contribution is -2.42. The maximum Gasteiger partial charge on any atom is 0.321 e. The number of nitrogens with one attached hydrogen (secondary N) is 1. The normalized spacial score (nSPS) is 11.7. The number of nitrogens with zero attached hydrogens (tertiary/aromatic N) is 1. The molecule has 0 aromatic heterocycles. The van der Waals surface area contributed by atoms with Gasteiger partial charge in [0, 0.05) is 25.2 Å². The zero-order chi connectivity index (χ0) is 14.3. The summed E-state index contributed by atoms with van der Waals surface area (Å²) < 4.78 is 0. The van der Waals surface area contributed by atoms with E-state index in [4.69, 9.17) is 5.11 Å². The van der Waals surface area contributed by atoms with E-state index in [-0.39, 0.29) is 18.5 Å². The van der Waals surface area contributed by atoms with Crippen LogP contribution in [-0.2, 0) is 4.79 Å². The molecule has 2 amide bonds. The predicted octanol–water partition coefficient (Wildman–Crippen LogP) is 2.48. The molecule has 5 heteroatoms. The van der Waals surface area contributed by atoms with Gasteiger partial charge in [0.05, 0.1) is 0 Å². The first-order valence-corrected chi connectivity index (χ1v) is 6.31. The highest BCUT2D eigenvalue weighted by Gasteiger charge is 2.13. The van der Waals surface area contributed by atoms with Crippen molar-refractivity contribution >= 4 is 17.7 Å². The highest BCUT2D eigenvalue weighted by molar-refractivity contribution is 5.91. The van der Waals surface area contributed by atoms with Crippen LogP contribution in [0.5, 0.6) is 0 Å². The van der Waals surface area contributed by atoms with Gasteiger partial charge in [-0.15, -0.1) is 0 Å². The Morgan fingerprint density at radius 3 is 2.53 bits per heavy atom. The molecule has 0 bridgehead atoms. The van der Waals surface area contributed by atoms with Crippen LogP contribution in [0.2, 0.25) is 0 Å². The molecule has 0 spiro atoms. The number of carbonyl (C=O) groups excluding carboxylic acids is 1. The number of hydrogen-bond acceptors (Lipinski definition) is 2. The number of amides is 2.